The molecule has 0 aliphatic rings. The molecule has 0 N–H and O–H groups in total. The van der Waals surface area contributed by atoms with E-state index >= 15 is 0 Å². The standard InChI is InChI=1S/C24H14O/c1-3-15-7-8-17-9-11-19(20-12-10-16(4-1)22(15)23(17)20)21-6-2-5-18-13-14-25-24(18)21/h1-14H. The number of para-hydroxylation sites is 1. The minimum Gasteiger partial charge on any atom is -0.464 e. The van der Waals surface area contributed by atoms with Crippen LogP contribution in [0.3, 0.4) is 0 Å². The summed E-state index contributed by atoms with van der Waals surface area (Å²) in [6.45, 7) is 0. The van der Waals surface area contributed by atoms with E-state index in [2.05, 4.69) is 72.8 Å². The molecular weight excluding hydrogens is 304 g/mol. The van der Waals surface area contributed by atoms with E-state index in [9.17, 15) is 0 Å². The van der Waals surface area contributed by atoms with Gasteiger partial charge in [-0.3, -0.25) is 0 Å². The highest BCUT2D eigenvalue weighted by molar-refractivity contribution is 6.25. The normalized spacial score (nSPS) is 12.0. The summed E-state index contributed by atoms with van der Waals surface area (Å²) in [5.41, 5.74) is 3.34. The molecule has 0 spiro atoms. The predicted octanol–water partition coefficient (Wildman–Crippen LogP) is 7.00. The number of hydrogen-bond donors (Lipinski definition) is 0. The van der Waals surface area contributed by atoms with Gasteiger partial charge in [0.15, 0.2) is 0 Å². The topological polar surface area (TPSA) is 13.1 Å². The maximum Gasteiger partial charge on any atom is 0.141 e. The molecular formula is C24H14O. The van der Waals surface area contributed by atoms with Crippen LogP contribution in [0.2, 0.25) is 0 Å². The second-order valence-electron chi connectivity index (χ2n) is 6.61. The van der Waals surface area contributed by atoms with Gasteiger partial charge < -0.3 is 4.42 Å². The van der Waals surface area contributed by atoms with Crippen molar-refractivity contribution in [3.63, 3.8) is 0 Å². The van der Waals surface area contributed by atoms with Gasteiger partial charge in [0, 0.05) is 10.9 Å². The molecule has 0 atom stereocenters. The van der Waals surface area contributed by atoms with Crippen molar-refractivity contribution in [1.82, 2.24) is 0 Å². The number of fused-ring (bicyclic) bond motifs is 1. The first-order chi connectivity index (χ1) is 12.4. The maximum absolute atomic E-state index is 5.79. The van der Waals surface area contributed by atoms with E-state index in [1.54, 1.807) is 6.26 Å². The van der Waals surface area contributed by atoms with E-state index in [1.165, 1.54) is 37.9 Å². The van der Waals surface area contributed by atoms with Gasteiger partial charge in [0.1, 0.15) is 5.58 Å². The van der Waals surface area contributed by atoms with Crippen LogP contribution >= 0.6 is 0 Å². The van der Waals surface area contributed by atoms with Crippen LogP contribution in [0.25, 0.3) is 54.4 Å². The van der Waals surface area contributed by atoms with Crippen LogP contribution in [-0.2, 0) is 0 Å². The number of rotatable bonds is 1. The molecule has 0 saturated heterocycles. The third kappa shape index (κ3) is 1.67. The summed E-state index contributed by atoms with van der Waals surface area (Å²) in [4.78, 5) is 0. The summed E-state index contributed by atoms with van der Waals surface area (Å²) in [6.07, 6.45) is 1.77. The lowest BCUT2D eigenvalue weighted by Crippen LogP contribution is -1.87. The molecule has 0 aliphatic carbocycles. The van der Waals surface area contributed by atoms with Crippen molar-refractivity contribution < 1.29 is 4.42 Å². The van der Waals surface area contributed by atoms with Crippen molar-refractivity contribution in [2.24, 2.45) is 0 Å². The monoisotopic (exact) mass is 318 g/mol. The maximum atomic E-state index is 5.79. The molecule has 0 amide bonds. The van der Waals surface area contributed by atoms with Gasteiger partial charge in [-0.1, -0.05) is 72.8 Å². The number of benzene rings is 5. The lowest BCUT2D eigenvalue weighted by Gasteiger charge is -2.14. The Hall–Kier alpha value is -3.32. The Bertz CT molecular complexity index is 1370. The SMILES string of the molecule is c1cc(-c2ccc3ccc4cccc5ccc2c3c45)c2occc2c1. The fraction of sp³-hybridized carbons (Fsp3) is 0. The first-order valence-corrected chi connectivity index (χ1v) is 8.53. The quantitative estimate of drug-likeness (QED) is 0.297. The molecule has 0 saturated carbocycles. The molecule has 0 radical (unpaired) electrons. The Kier molecular flexibility index (Phi) is 2.40. The average molecular weight is 318 g/mol. The van der Waals surface area contributed by atoms with E-state index in [4.69, 9.17) is 4.42 Å². The molecule has 116 valence electrons. The van der Waals surface area contributed by atoms with Crippen molar-refractivity contribution in [3.8, 4) is 11.1 Å². The molecule has 1 heterocycles. The molecule has 6 rings (SSSR count). The molecule has 1 nitrogen and oxygen atoms in total. The van der Waals surface area contributed by atoms with Crippen molar-refractivity contribution in [1.29, 1.82) is 0 Å². The third-order valence-electron chi connectivity index (χ3n) is 5.30. The minimum absolute atomic E-state index is 0.956. The first kappa shape index (κ1) is 13.0. The summed E-state index contributed by atoms with van der Waals surface area (Å²) < 4.78 is 5.79. The summed E-state index contributed by atoms with van der Waals surface area (Å²) in [5.74, 6) is 0. The van der Waals surface area contributed by atoms with E-state index in [-0.39, 0.29) is 0 Å². The summed E-state index contributed by atoms with van der Waals surface area (Å²) in [6, 6.07) is 28.3. The number of furan rings is 1. The fourth-order valence-corrected chi connectivity index (χ4v) is 4.18. The van der Waals surface area contributed by atoms with Gasteiger partial charge in [0.25, 0.3) is 0 Å². The zero-order valence-corrected chi connectivity index (χ0v) is 13.5. The van der Waals surface area contributed by atoms with Gasteiger partial charge in [0.2, 0.25) is 0 Å². The van der Waals surface area contributed by atoms with Crippen LogP contribution in [0.15, 0.2) is 89.5 Å². The summed E-state index contributed by atoms with van der Waals surface area (Å²) in [5, 5.41) is 9.00. The van der Waals surface area contributed by atoms with E-state index in [1.807, 2.05) is 6.07 Å². The lowest BCUT2D eigenvalue weighted by molar-refractivity contribution is 0.617. The highest BCUT2D eigenvalue weighted by Gasteiger charge is 2.14. The van der Waals surface area contributed by atoms with E-state index < -0.39 is 0 Å². The predicted molar refractivity (Wildman–Crippen MR) is 105 cm³/mol. The molecule has 0 fully saturated rings. The molecule has 0 aliphatic heterocycles. The summed E-state index contributed by atoms with van der Waals surface area (Å²) >= 11 is 0. The average Bonchev–Trinajstić information content (AvgIpc) is 3.15. The van der Waals surface area contributed by atoms with Crippen molar-refractivity contribution >= 4 is 43.3 Å². The van der Waals surface area contributed by atoms with Crippen LogP contribution in [-0.4, -0.2) is 0 Å². The van der Waals surface area contributed by atoms with Gasteiger partial charge in [-0.15, -0.1) is 0 Å². The Morgan fingerprint density at radius 3 is 2.04 bits per heavy atom. The summed E-state index contributed by atoms with van der Waals surface area (Å²) in [7, 11) is 0. The van der Waals surface area contributed by atoms with Crippen molar-refractivity contribution in [3.05, 3.63) is 85.1 Å². The second-order valence-corrected chi connectivity index (χ2v) is 6.61. The van der Waals surface area contributed by atoms with Gasteiger partial charge in [0.05, 0.1) is 6.26 Å². The second kappa shape index (κ2) is 4.61. The smallest absolute Gasteiger partial charge is 0.141 e. The van der Waals surface area contributed by atoms with Gasteiger partial charge >= 0.3 is 0 Å². The molecule has 25 heavy (non-hydrogen) atoms. The lowest BCUT2D eigenvalue weighted by atomic mass is 9.89. The zero-order chi connectivity index (χ0) is 16.4. The molecule has 0 bridgehead atoms. The van der Waals surface area contributed by atoms with E-state index in [0.29, 0.717) is 0 Å². The highest BCUT2D eigenvalue weighted by Crippen LogP contribution is 2.40. The third-order valence-corrected chi connectivity index (χ3v) is 5.30. The Morgan fingerprint density at radius 1 is 0.480 bits per heavy atom. The zero-order valence-electron chi connectivity index (χ0n) is 13.5. The Balaban J connectivity index is 1.84. The van der Waals surface area contributed by atoms with E-state index in [0.717, 1.165) is 16.5 Å². The van der Waals surface area contributed by atoms with Crippen LogP contribution in [0.5, 0.6) is 0 Å². The van der Waals surface area contributed by atoms with Crippen molar-refractivity contribution in [2.75, 3.05) is 0 Å². The van der Waals surface area contributed by atoms with Crippen LogP contribution in [0, 0.1) is 0 Å². The van der Waals surface area contributed by atoms with Crippen LogP contribution in [0.4, 0.5) is 0 Å². The van der Waals surface area contributed by atoms with Crippen molar-refractivity contribution in [2.45, 2.75) is 0 Å². The largest absolute Gasteiger partial charge is 0.464 e. The molecule has 6 aromatic rings. The van der Waals surface area contributed by atoms with Gasteiger partial charge in [-0.2, -0.15) is 0 Å². The van der Waals surface area contributed by atoms with Crippen LogP contribution in [0.1, 0.15) is 0 Å². The molecule has 0 unspecified atom stereocenters. The number of hydrogen-bond acceptors (Lipinski definition) is 1. The Morgan fingerprint density at radius 2 is 1.16 bits per heavy atom. The Labute approximate surface area is 144 Å². The fourth-order valence-electron chi connectivity index (χ4n) is 4.18. The van der Waals surface area contributed by atoms with Gasteiger partial charge in [-0.25, -0.2) is 0 Å². The molecule has 1 heteroatoms. The minimum atomic E-state index is 0.956. The highest BCUT2D eigenvalue weighted by atomic mass is 16.3. The van der Waals surface area contributed by atoms with Gasteiger partial charge in [-0.05, 0) is 43.9 Å². The van der Waals surface area contributed by atoms with Crippen LogP contribution < -0.4 is 0 Å². The molecule has 5 aromatic carbocycles. The molecule has 1 aromatic heterocycles. The first-order valence-electron chi connectivity index (χ1n) is 8.53.